The molecule has 0 atom stereocenters. The van der Waals surface area contributed by atoms with Crippen LogP contribution >= 0.6 is 0 Å². The first-order valence-corrected chi connectivity index (χ1v) is 11.9. The SMILES string of the molecule is CCCCOC1CCC(OC(=O)c2ccc(C=CC(=O)OCc3cc(N)cc(N)c3)cc2)CC1. The Balaban J connectivity index is 1.42. The molecule has 0 spiro atoms. The van der Waals surface area contributed by atoms with Crippen molar-refractivity contribution in [1.82, 2.24) is 0 Å². The molecule has 0 saturated heterocycles. The fraction of sp³-hybridized carbons (Fsp3) is 0.407. The molecule has 7 nitrogen and oxygen atoms in total. The highest BCUT2D eigenvalue weighted by atomic mass is 16.5. The number of rotatable bonds is 10. The van der Waals surface area contributed by atoms with E-state index in [4.69, 9.17) is 25.7 Å². The lowest BCUT2D eigenvalue weighted by molar-refractivity contribution is -0.138. The van der Waals surface area contributed by atoms with Gasteiger partial charge in [-0.2, -0.15) is 0 Å². The number of nitrogen functional groups attached to an aromatic ring is 2. The average molecular weight is 467 g/mol. The van der Waals surface area contributed by atoms with Gasteiger partial charge in [-0.1, -0.05) is 25.5 Å². The maximum Gasteiger partial charge on any atom is 0.338 e. The summed E-state index contributed by atoms with van der Waals surface area (Å²) in [5.74, 6) is -0.814. The van der Waals surface area contributed by atoms with Crippen molar-refractivity contribution in [3.05, 3.63) is 65.2 Å². The second-order valence-corrected chi connectivity index (χ2v) is 8.60. The molecule has 2 aromatic carbocycles. The molecular formula is C27H34N2O5. The normalized spacial score (nSPS) is 18.0. The van der Waals surface area contributed by atoms with Crippen molar-refractivity contribution in [2.45, 2.75) is 64.3 Å². The Hall–Kier alpha value is -3.32. The summed E-state index contributed by atoms with van der Waals surface area (Å²) in [6.07, 6.45) is 8.90. The van der Waals surface area contributed by atoms with E-state index in [-0.39, 0.29) is 24.8 Å². The van der Waals surface area contributed by atoms with Crippen LogP contribution in [0.3, 0.4) is 0 Å². The molecule has 182 valence electrons. The van der Waals surface area contributed by atoms with Gasteiger partial charge in [0.1, 0.15) is 12.7 Å². The number of benzene rings is 2. The minimum absolute atomic E-state index is 0.0665. The van der Waals surface area contributed by atoms with Crippen LogP contribution < -0.4 is 11.5 Å². The van der Waals surface area contributed by atoms with E-state index in [0.717, 1.165) is 56.3 Å². The molecule has 4 N–H and O–H groups in total. The van der Waals surface area contributed by atoms with Gasteiger partial charge in [0.2, 0.25) is 0 Å². The molecule has 7 heteroatoms. The second kappa shape index (κ2) is 12.8. The van der Waals surface area contributed by atoms with Gasteiger partial charge < -0.3 is 25.7 Å². The molecule has 1 saturated carbocycles. The molecule has 1 aliphatic carbocycles. The number of nitrogens with two attached hydrogens (primary N) is 2. The number of hydrogen-bond acceptors (Lipinski definition) is 7. The van der Waals surface area contributed by atoms with Crippen molar-refractivity contribution in [1.29, 1.82) is 0 Å². The van der Waals surface area contributed by atoms with Gasteiger partial charge in [-0.3, -0.25) is 0 Å². The Bertz CT molecular complexity index is 959. The highest BCUT2D eigenvalue weighted by molar-refractivity contribution is 5.90. The lowest BCUT2D eigenvalue weighted by Gasteiger charge is -2.28. The third-order valence-electron chi connectivity index (χ3n) is 5.72. The summed E-state index contributed by atoms with van der Waals surface area (Å²) >= 11 is 0. The average Bonchev–Trinajstić information content (AvgIpc) is 2.82. The first kappa shape index (κ1) is 25.3. The predicted molar refractivity (Wildman–Crippen MR) is 133 cm³/mol. The fourth-order valence-corrected chi connectivity index (χ4v) is 3.86. The molecule has 0 bridgehead atoms. The number of ether oxygens (including phenoxy) is 3. The van der Waals surface area contributed by atoms with E-state index in [1.165, 1.54) is 6.08 Å². The molecule has 0 heterocycles. The molecule has 0 unspecified atom stereocenters. The number of hydrogen-bond donors (Lipinski definition) is 2. The summed E-state index contributed by atoms with van der Waals surface area (Å²) < 4.78 is 16.8. The summed E-state index contributed by atoms with van der Waals surface area (Å²) in [5.41, 5.74) is 14.5. The summed E-state index contributed by atoms with van der Waals surface area (Å²) in [7, 11) is 0. The van der Waals surface area contributed by atoms with Gasteiger partial charge in [-0.25, -0.2) is 9.59 Å². The molecule has 0 amide bonds. The monoisotopic (exact) mass is 466 g/mol. The van der Waals surface area contributed by atoms with E-state index in [1.54, 1.807) is 48.5 Å². The predicted octanol–water partition coefficient (Wildman–Crippen LogP) is 4.89. The molecule has 0 radical (unpaired) electrons. The van der Waals surface area contributed by atoms with E-state index in [9.17, 15) is 9.59 Å². The quantitative estimate of drug-likeness (QED) is 0.222. The molecule has 34 heavy (non-hydrogen) atoms. The van der Waals surface area contributed by atoms with Gasteiger partial charge in [0.15, 0.2) is 0 Å². The van der Waals surface area contributed by atoms with Crippen LogP contribution in [-0.4, -0.2) is 30.8 Å². The smallest absolute Gasteiger partial charge is 0.338 e. The highest BCUT2D eigenvalue weighted by Gasteiger charge is 2.24. The Morgan fingerprint density at radius 1 is 0.971 bits per heavy atom. The van der Waals surface area contributed by atoms with Crippen LogP contribution in [0.1, 0.15) is 66.9 Å². The second-order valence-electron chi connectivity index (χ2n) is 8.60. The summed E-state index contributed by atoms with van der Waals surface area (Å²) in [4.78, 5) is 24.5. The lowest BCUT2D eigenvalue weighted by Crippen LogP contribution is -2.28. The molecule has 1 aliphatic rings. The van der Waals surface area contributed by atoms with E-state index in [1.807, 2.05) is 0 Å². The largest absolute Gasteiger partial charge is 0.459 e. The number of carbonyl (C=O) groups excluding carboxylic acids is 2. The van der Waals surface area contributed by atoms with Crippen LogP contribution in [0.5, 0.6) is 0 Å². The first-order valence-electron chi connectivity index (χ1n) is 11.9. The molecule has 1 fully saturated rings. The van der Waals surface area contributed by atoms with Gasteiger partial charge in [0, 0.05) is 24.1 Å². The Labute approximate surface area is 201 Å². The molecule has 3 rings (SSSR count). The van der Waals surface area contributed by atoms with Crippen LogP contribution in [0.25, 0.3) is 6.08 Å². The Morgan fingerprint density at radius 2 is 1.62 bits per heavy atom. The van der Waals surface area contributed by atoms with Crippen molar-refractivity contribution in [3.8, 4) is 0 Å². The van der Waals surface area contributed by atoms with Crippen LogP contribution in [0.15, 0.2) is 48.5 Å². The van der Waals surface area contributed by atoms with Crippen LogP contribution in [0, 0.1) is 0 Å². The first-order chi connectivity index (χ1) is 16.4. The third kappa shape index (κ3) is 8.23. The van der Waals surface area contributed by atoms with E-state index in [0.29, 0.717) is 16.9 Å². The zero-order valence-electron chi connectivity index (χ0n) is 19.7. The van der Waals surface area contributed by atoms with E-state index in [2.05, 4.69) is 6.92 Å². The zero-order chi connectivity index (χ0) is 24.3. The van der Waals surface area contributed by atoms with Crippen LogP contribution in [0.4, 0.5) is 11.4 Å². The maximum absolute atomic E-state index is 12.5. The van der Waals surface area contributed by atoms with E-state index < -0.39 is 5.97 Å². The minimum Gasteiger partial charge on any atom is -0.459 e. The van der Waals surface area contributed by atoms with Crippen molar-refractivity contribution in [3.63, 3.8) is 0 Å². The number of esters is 2. The fourth-order valence-electron chi connectivity index (χ4n) is 3.86. The van der Waals surface area contributed by atoms with E-state index >= 15 is 0 Å². The molecule has 0 aliphatic heterocycles. The van der Waals surface area contributed by atoms with Crippen LogP contribution in [0.2, 0.25) is 0 Å². The Morgan fingerprint density at radius 3 is 2.26 bits per heavy atom. The molecule has 0 aromatic heterocycles. The number of anilines is 2. The molecular weight excluding hydrogens is 432 g/mol. The van der Waals surface area contributed by atoms with Crippen LogP contribution in [-0.2, 0) is 25.6 Å². The van der Waals surface area contributed by atoms with Gasteiger partial charge in [-0.05, 0) is 79.6 Å². The summed E-state index contributed by atoms with van der Waals surface area (Å²) in [6, 6.07) is 12.0. The Kier molecular flexibility index (Phi) is 9.52. The maximum atomic E-state index is 12.5. The third-order valence-corrected chi connectivity index (χ3v) is 5.72. The highest BCUT2D eigenvalue weighted by Crippen LogP contribution is 2.24. The number of carbonyl (C=O) groups is 2. The zero-order valence-corrected chi connectivity index (χ0v) is 19.7. The summed E-state index contributed by atoms with van der Waals surface area (Å²) in [6.45, 7) is 3.04. The van der Waals surface area contributed by atoms with Gasteiger partial charge in [0.25, 0.3) is 0 Å². The molecule has 2 aromatic rings. The topological polar surface area (TPSA) is 114 Å². The standard InChI is InChI=1S/C27H34N2O5/c1-2-3-14-32-24-9-11-25(12-10-24)34-27(31)21-7-4-19(5-8-21)6-13-26(30)33-18-20-15-22(28)17-23(29)16-20/h4-8,13,15-17,24-25H,2-3,9-12,14,18,28-29H2,1H3. The lowest BCUT2D eigenvalue weighted by atomic mass is 9.95. The van der Waals surface area contributed by atoms with Gasteiger partial charge in [0.05, 0.1) is 11.7 Å². The van der Waals surface area contributed by atoms with Gasteiger partial charge >= 0.3 is 11.9 Å². The minimum atomic E-state index is -0.487. The van der Waals surface area contributed by atoms with Crippen molar-refractivity contribution in [2.75, 3.05) is 18.1 Å². The van der Waals surface area contributed by atoms with Crippen molar-refractivity contribution >= 4 is 29.4 Å². The van der Waals surface area contributed by atoms with Crippen molar-refractivity contribution in [2.24, 2.45) is 0 Å². The summed E-state index contributed by atoms with van der Waals surface area (Å²) in [5, 5.41) is 0. The van der Waals surface area contributed by atoms with Gasteiger partial charge in [-0.15, -0.1) is 0 Å². The number of unbranched alkanes of at least 4 members (excludes halogenated alkanes) is 1. The van der Waals surface area contributed by atoms with Crippen molar-refractivity contribution < 1.29 is 23.8 Å².